The van der Waals surface area contributed by atoms with Crippen LogP contribution in [0.5, 0.6) is 0 Å². The molecule has 0 atom stereocenters. The van der Waals surface area contributed by atoms with Gasteiger partial charge in [-0.1, -0.05) is 13.0 Å². The molecule has 0 fully saturated rings. The number of carbonyl (C=O) groups is 1. The molecule has 0 N–H and O–H groups in total. The Morgan fingerprint density at radius 2 is 2.14 bits per heavy atom. The molecule has 0 spiro atoms. The first-order valence-electron chi connectivity index (χ1n) is 4.13. The van der Waals surface area contributed by atoms with E-state index >= 15 is 0 Å². The van der Waals surface area contributed by atoms with Crippen molar-refractivity contribution < 1.29 is 17.9 Å². The summed E-state index contributed by atoms with van der Waals surface area (Å²) in [4.78, 5) is 10.9. The molecule has 0 rings (SSSR count). The molecule has 0 radical (unpaired) electrons. The number of rotatable bonds is 6. The topological polar surface area (TPSA) is 63.7 Å². The molecule has 6 heteroatoms. The van der Waals surface area contributed by atoms with Gasteiger partial charge in [-0.3, -0.25) is 4.79 Å². The highest BCUT2D eigenvalue weighted by atomic mass is 32.2. The van der Waals surface area contributed by atoms with Gasteiger partial charge in [0.1, 0.15) is 6.54 Å². The zero-order valence-corrected chi connectivity index (χ0v) is 9.21. The predicted octanol–water partition coefficient (Wildman–Crippen LogP) is -0.00290. The molecule has 82 valence electrons. The van der Waals surface area contributed by atoms with Crippen LogP contribution in [0.1, 0.15) is 6.92 Å². The van der Waals surface area contributed by atoms with Crippen LogP contribution < -0.4 is 0 Å². The highest BCUT2D eigenvalue weighted by molar-refractivity contribution is 7.89. The van der Waals surface area contributed by atoms with E-state index in [4.69, 9.17) is 0 Å². The second kappa shape index (κ2) is 5.77. The van der Waals surface area contributed by atoms with Gasteiger partial charge in [-0.15, -0.1) is 6.58 Å². The van der Waals surface area contributed by atoms with Gasteiger partial charge in [-0.25, -0.2) is 8.42 Å². The largest absolute Gasteiger partial charge is 0.468 e. The number of sulfonamides is 1. The standard InChI is InChI=1S/C8H15NO4S/c1-4-6-14(11,12)9(5-2)7-8(10)13-3/h4H,1,5-7H2,2-3H3. The van der Waals surface area contributed by atoms with E-state index in [9.17, 15) is 13.2 Å². The second-order valence-corrected chi connectivity index (χ2v) is 4.58. The maximum absolute atomic E-state index is 11.5. The minimum atomic E-state index is -3.41. The lowest BCUT2D eigenvalue weighted by Crippen LogP contribution is -2.37. The number of ether oxygens (including phenoxy) is 1. The molecule has 0 unspecified atom stereocenters. The van der Waals surface area contributed by atoms with Crippen LogP contribution in [0, 0.1) is 0 Å². The van der Waals surface area contributed by atoms with Crippen LogP contribution >= 0.6 is 0 Å². The molecule has 0 saturated heterocycles. The Balaban J connectivity index is 4.55. The smallest absolute Gasteiger partial charge is 0.321 e. The first-order chi connectivity index (χ1) is 6.47. The van der Waals surface area contributed by atoms with Crippen molar-refractivity contribution in [3.8, 4) is 0 Å². The number of likely N-dealkylation sites (N-methyl/N-ethyl adjacent to an activating group) is 1. The Morgan fingerprint density at radius 1 is 1.57 bits per heavy atom. The average Bonchev–Trinajstić information content (AvgIpc) is 2.13. The minimum Gasteiger partial charge on any atom is -0.468 e. The van der Waals surface area contributed by atoms with Gasteiger partial charge in [0.2, 0.25) is 10.0 Å². The third-order valence-corrected chi connectivity index (χ3v) is 3.44. The van der Waals surface area contributed by atoms with Gasteiger partial charge in [0.15, 0.2) is 0 Å². The molecule has 0 aromatic carbocycles. The molecular formula is C8H15NO4S. The molecule has 0 amide bonds. The Labute approximate surface area is 84.4 Å². The highest BCUT2D eigenvalue weighted by Crippen LogP contribution is 2.01. The van der Waals surface area contributed by atoms with E-state index in [1.54, 1.807) is 6.92 Å². The lowest BCUT2D eigenvalue weighted by molar-refractivity contribution is -0.140. The van der Waals surface area contributed by atoms with Crippen LogP contribution in [0.3, 0.4) is 0 Å². The van der Waals surface area contributed by atoms with E-state index in [1.807, 2.05) is 0 Å². The van der Waals surface area contributed by atoms with Gasteiger partial charge in [0.25, 0.3) is 0 Å². The summed E-state index contributed by atoms with van der Waals surface area (Å²) in [5, 5.41) is 0. The fraction of sp³-hybridized carbons (Fsp3) is 0.625. The highest BCUT2D eigenvalue weighted by Gasteiger charge is 2.21. The number of esters is 1. The van der Waals surface area contributed by atoms with E-state index < -0.39 is 16.0 Å². The Bertz CT molecular complexity index is 296. The lowest BCUT2D eigenvalue weighted by Gasteiger charge is -2.17. The maximum atomic E-state index is 11.5. The third kappa shape index (κ3) is 3.89. The minimum absolute atomic E-state index is 0.169. The molecule has 0 aromatic heterocycles. The molecule has 14 heavy (non-hydrogen) atoms. The summed E-state index contributed by atoms with van der Waals surface area (Å²) < 4.78 is 28.4. The second-order valence-electron chi connectivity index (χ2n) is 2.57. The van der Waals surface area contributed by atoms with E-state index in [-0.39, 0.29) is 18.8 Å². The summed E-state index contributed by atoms with van der Waals surface area (Å²) in [6.45, 7) is 4.99. The first kappa shape index (κ1) is 13.1. The number of hydrogen-bond acceptors (Lipinski definition) is 4. The van der Waals surface area contributed by atoms with Crippen molar-refractivity contribution in [3.63, 3.8) is 0 Å². The Kier molecular flexibility index (Phi) is 5.40. The van der Waals surface area contributed by atoms with Crippen LogP contribution in [0.2, 0.25) is 0 Å². The van der Waals surface area contributed by atoms with E-state index in [2.05, 4.69) is 11.3 Å². The van der Waals surface area contributed by atoms with Gasteiger partial charge in [-0.2, -0.15) is 4.31 Å². The third-order valence-electron chi connectivity index (χ3n) is 1.61. The molecule has 0 aliphatic rings. The summed E-state index contributed by atoms with van der Waals surface area (Å²) in [5.74, 6) is -0.739. The number of nitrogens with zero attached hydrogens (tertiary/aromatic N) is 1. The maximum Gasteiger partial charge on any atom is 0.321 e. The zero-order chi connectivity index (χ0) is 11.2. The van der Waals surface area contributed by atoms with E-state index in [1.165, 1.54) is 13.2 Å². The van der Waals surface area contributed by atoms with E-state index in [0.29, 0.717) is 0 Å². The van der Waals surface area contributed by atoms with Crippen molar-refractivity contribution in [2.24, 2.45) is 0 Å². The summed E-state index contributed by atoms with van der Waals surface area (Å²) in [7, 11) is -2.19. The monoisotopic (exact) mass is 221 g/mol. The number of methoxy groups -OCH3 is 1. The summed E-state index contributed by atoms with van der Waals surface area (Å²) >= 11 is 0. The molecule has 0 aromatic rings. The molecule has 0 aliphatic heterocycles. The first-order valence-corrected chi connectivity index (χ1v) is 5.74. The molecule has 0 bridgehead atoms. The van der Waals surface area contributed by atoms with Crippen LogP contribution in [0.15, 0.2) is 12.7 Å². The van der Waals surface area contributed by atoms with Crippen molar-refractivity contribution >= 4 is 16.0 Å². The van der Waals surface area contributed by atoms with Crippen molar-refractivity contribution in [2.45, 2.75) is 6.92 Å². The van der Waals surface area contributed by atoms with Crippen molar-refractivity contribution in [1.29, 1.82) is 0 Å². The van der Waals surface area contributed by atoms with Crippen LogP contribution in [-0.4, -0.2) is 44.6 Å². The van der Waals surface area contributed by atoms with Gasteiger partial charge in [0.05, 0.1) is 12.9 Å². The van der Waals surface area contributed by atoms with Gasteiger partial charge < -0.3 is 4.74 Å². The Hall–Kier alpha value is -0.880. The summed E-state index contributed by atoms with van der Waals surface area (Å²) in [5.41, 5.74) is 0. The molecule has 0 heterocycles. The summed E-state index contributed by atoms with van der Waals surface area (Å²) in [6.07, 6.45) is 1.29. The average molecular weight is 221 g/mol. The van der Waals surface area contributed by atoms with Crippen molar-refractivity contribution in [1.82, 2.24) is 4.31 Å². The number of carbonyl (C=O) groups excluding carboxylic acids is 1. The van der Waals surface area contributed by atoms with Gasteiger partial charge in [-0.05, 0) is 0 Å². The van der Waals surface area contributed by atoms with Crippen molar-refractivity contribution in [3.05, 3.63) is 12.7 Å². The zero-order valence-electron chi connectivity index (χ0n) is 8.39. The number of hydrogen-bond donors (Lipinski definition) is 0. The van der Waals surface area contributed by atoms with E-state index in [0.717, 1.165) is 4.31 Å². The fourth-order valence-electron chi connectivity index (χ4n) is 0.870. The lowest BCUT2D eigenvalue weighted by atomic mass is 10.6. The quantitative estimate of drug-likeness (QED) is 0.468. The SMILES string of the molecule is C=CCS(=O)(=O)N(CC)CC(=O)OC. The van der Waals surface area contributed by atoms with Gasteiger partial charge in [0, 0.05) is 6.54 Å². The predicted molar refractivity (Wildman–Crippen MR) is 53.2 cm³/mol. The molecule has 5 nitrogen and oxygen atoms in total. The summed E-state index contributed by atoms with van der Waals surface area (Å²) in [6, 6.07) is 0. The van der Waals surface area contributed by atoms with Crippen LogP contribution in [-0.2, 0) is 19.6 Å². The Morgan fingerprint density at radius 3 is 2.50 bits per heavy atom. The van der Waals surface area contributed by atoms with Crippen molar-refractivity contribution in [2.75, 3.05) is 26.0 Å². The van der Waals surface area contributed by atoms with Crippen LogP contribution in [0.4, 0.5) is 0 Å². The molecule has 0 aliphatic carbocycles. The molecule has 0 saturated carbocycles. The normalized spacial score (nSPS) is 11.4. The van der Waals surface area contributed by atoms with Gasteiger partial charge >= 0.3 is 5.97 Å². The fourth-order valence-corrected chi connectivity index (χ4v) is 2.07. The van der Waals surface area contributed by atoms with Crippen LogP contribution in [0.25, 0.3) is 0 Å². The molecular weight excluding hydrogens is 206 g/mol.